The highest BCUT2D eigenvalue weighted by Crippen LogP contribution is 2.39. The van der Waals surface area contributed by atoms with Crippen molar-refractivity contribution in [1.29, 1.82) is 0 Å². The van der Waals surface area contributed by atoms with Crippen molar-refractivity contribution >= 4 is 29.5 Å². The number of thioether (sulfide) groups is 1. The van der Waals surface area contributed by atoms with Gasteiger partial charge in [0.15, 0.2) is 5.78 Å². The van der Waals surface area contributed by atoms with E-state index >= 15 is 0 Å². The number of likely N-dealkylation sites (tertiary alicyclic amines) is 1. The first-order chi connectivity index (χ1) is 15.0. The maximum atomic E-state index is 13.2. The monoisotopic (exact) mass is 462 g/mol. The van der Waals surface area contributed by atoms with Crippen LogP contribution in [0.4, 0.5) is 4.79 Å². The zero-order valence-electron chi connectivity index (χ0n) is 19.7. The molecule has 0 aliphatic carbocycles. The van der Waals surface area contributed by atoms with Gasteiger partial charge in [-0.1, -0.05) is 11.6 Å². The summed E-state index contributed by atoms with van der Waals surface area (Å²) in [4.78, 5) is 40.0. The Morgan fingerprint density at radius 2 is 1.97 bits per heavy atom. The highest BCUT2D eigenvalue weighted by molar-refractivity contribution is 7.98. The molecule has 2 heterocycles. The number of Topliss-reactive ketones (excluding diaryl/α,β-unsaturated/α-hetero) is 1. The SMILES string of the molecule is CSCCC(NC(=O)OC(C)(C)C)C(=O)N1CCC2(CC1)CC(=O)c1cc(C)ccc1O2. The van der Waals surface area contributed by atoms with Gasteiger partial charge in [0.2, 0.25) is 5.91 Å². The number of hydrogen-bond acceptors (Lipinski definition) is 6. The van der Waals surface area contributed by atoms with Gasteiger partial charge in [0, 0.05) is 25.9 Å². The van der Waals surface area contributed by atoms with Crippen molar-refractivity contribution in [3.8, 4) is 5.75 Å². The van der Waals surface area contributed by atoms with Gasteiger partial charge in [-0.2, -0.15) is 11.8 Å². The summed E-state index contributed by atoms with van der Waals surface area (Å²) >= 11 is 1.63. The van der Waals surface area contributed by atoms with Gasteiger partial charge in [-0.3, -0.25) is 9.59 Å². The Hall–Kier alpha value is -2.22. The van der Waals surface area contributed by atoms with Crippen LogP contribution in [0.25, 0.3) is 0 Å². The molecule has 2 amide bonds. The molecule has 0 radical (unpaired) electrons. The minimum absolute atomic E-state index is 0.0965. The molecule has 1 aromatic carbocycles. The number of ketones is 1. The van der Waals surface area contributed by atoms with Crippen LogP contribution >= 0.6 is 11.8 Å². The number of hydrogen-bond donors (Lipinski definition) is 1. The average molecular weight is 463 g/mol. The van der Waals surface area contributed by atoms with Crippen molar-refractivity contribution in [3.63, 3.8) is 0 Å². The van der Waals surface area contributed by atoms with E-state index in [2.05, 4.69) is 5.32 Å². The molecule has 2 aliphatic rings. The zero-order chi connectivity index (χ0) is 23.5. The summed E-state index contributed by atoms with van der Waals surface area (Å²) < 4.78 is 11.7. The van der Waals surface area contributed by atoms with Gasteiger partial charge in [-0.15, -0.1) is 0 Å². The molecule has 0 aromatic heterocycles. The number of alkyl carbamates (subject to hydrolysis) is 1. The first-order valence-electron chi connectivity index (χ1n) is 11.1. The predicted molar refractivity (Wildman–Crippen MR) is 125 cm³/mol. The van der Waals surface area contributed by atoms with Crippen LogP contribution in [0.2, 0.25) is 0 Å². The van der Waals surface area contributed by atoms with Crippen LogP contribution in [-0.4, -0.2) is 65.0 Å². The molecular weight excluding hydrogens is 428 g/mol. The number of benzene rings is 1. The van der Waals surface area contributed by atoms with Crippen molar-refractivity contribution in [2.75, 3.05) is 25.1 Å². The standard InChI is InChI=1S/C24H34N2O5S/c1-16-6-7-20-17(14-16)19(27)15-24(30-20)9-11-26(12-10-24)21(28)18(8-13-32-5)25-22(29)31-23(2,3)4/h6-7,14,18H,8-13,15H2,1-5H3,(H,25,29). The van der Waals surface area contributed by atoms with Gasteiger partial charge in [-0.25, -0.2) is 4.79 Å². The number of carbonyl (C=O) groups is 3. The van der Waals surface area contributed by atoms with Crippen molar-refractivity contribution in [1.82, 2.24) is 10.2 Å². The summed E-state index contributed by atoms with van der Waals surface area (Å²) in [5, 5.41) is 2.75. The van der Waals surface area contributed by atoms with Gasteiger partial charge in [-0.05, 0) is 58.3 Å². The first-order valence-corrected chi connectivity index (χ1v) is 12.5. The van der Waals surface area contributed by atoms with E-state index in [0.717, 1.165) is 11.3 Å². The van der Waals surface area contributed by atoms with E-state index in [1.807, 2.05) is 31.4 Å². The fraction of sp³-hybridized carbons (Fsp3) is 0.625. The fourth-order valence-electron chi connectivity index (χ4n) is 4.18. The quantitative estimate of drug-likeness (QED) is 0.713. The van der Waals surface area contributed by atoms with E-state index in [9.17, 15) is 14.4 Å². The molecular formula is C24H34N2O5S. The van der Waals surface area contributed by atoms with Gasteiger partial charge < -0.3 is 19.7 Å². The topological polar surface area (TPSA) is 84.9 Å². The minimum Gasteiger partial charge on any atom is -0.486 e. The van der Waals surface area contributed by atoms with E-state index in [1.54, 1.807) is 37.4 Å². The van der Waals surface area contributed by atoms with Crippen molar-refractivity contribution in [3.05, 3.63) is 29.3 Å². The van der Waals surface area contributed by atoms with Gasteiger partial charge in [0.1, 0.15) is 23.0 Å². The van der Waals surface area contributed by atoms with E-state index < -0.39 is 23.3 Å². The Bertz CT molecular complexity index is 872. The molecule has 1 spiro atoms. The number of amides is 2. The van der Waals surface area contributed by atoms with Crippen molar-refractivity contribution in [2.24, 2.45) is 0 Å². The third-order valence-electron chi connectivity index (χ3n) is 5.83. The largest absolute Gasteiger partial charge is 0.486 e. The zero-order valence-corrected chi connectivity index (χ0v) is 20.5. The number of ether oxygens (including phenoxy) is 2. The molecule has 7 nitrogen and oxygen atoms in total. The lowest BCUT2D eigenvalue weighted by molar-refractivity contribution is -0.137. The fourth-order valence-corrected chi connectivity index (χ4v) is 4.66. The molecule has 1 unspecified atom stereocenters. The summed E-state index contributed by atoms with van der Waals surface area (Å²) in [5.41, 5.74) is 0.483. The second-order valence-electron chi connectivity index (χ2n) is 9.69. The molecule has 1 fully saturated rings. The lowest BCUT2D eigenvalue weighted by atomic mass is 9.82. The third-order valence-corrected chi connectivity index (χ3v) is 6.47. The smallest absolute Gasteiger partial charge is 0.408 e. The normalized spacial score (nSPS) is 18.5. The van der Waals surface area contributed by atoms with Crippen molar-refractivity contribution in [2.45, 2.75) is 70.6 Å². The molecule has 2 aliphatic heterocycles. The number of fused-ring (bicyclic) bond motifs is 1. The van der Waals surface area contributed by atoms with E-state index in [-0.39, 0.29) is 11.7 Å². The minimum atomic E-state index is -0.635. The Balaban J connectivity index is 1.64. The number of nitrogens with one attached hydrogen (secondary N) is 1. The Morgan fingerprint density at radius 1 is 1.28 bits per heavy atom. The predicted octanol–water partition coefficient (Wildman–Crippen LogP) is 3.97. The molecule has 1 atom stereocenters. The Kier molecular flexibility index (Phi) is 7.43. The summed E-state index contributed by atoms with van der Waals surface area (Å²) in [5.74, 6) is 1.37. The lowest BCUT2D eigenvalue weighted by Gasteiger charge is -2.44. The van der Waals surface area contributed by atoms with Crippen LogP contribution in [0.3, 0.4) is 0 Å². The van der Waals surface area contributed by atoms with Crippen LogP contribution in [-0.2, 0) is 9.53 Å². The average Bonchev–Trinajstić information content (AvgIpc) is 2.70. The van der Waals surface area contributed by atoms with E-state index in [0.29, 0.717) is 50.1 Å². The van der Waals surface area contributed by atoms with Gasteiger partial charge in [0.25, 0.3) is 0 Å². The number of nitrogens with zero attached hydrogens (tertiary/aromatic N) is 1. The van der Waals surface area contributed by atoms with Crippen LogP contribution in [0.1, 0.15) is 62.4 Å². The summed E-state index contributed by atoms with van der Waals surface area (Å²) in [7, 11) is 0. The number of aryl methyl sites for hydroxylation is 1. The molecule has 1 N–H and O–H groups in total. The molecule has 8 heteroatoms. The highest BCUT2D eigenvalue weighted by atomic mass is 32.2. The van der Waals surface area contributed by atoms with Crippen LogP contribution in [0, 0.1) is 6.92 Å². The van der Waals surface area contributed by atoms with Crippen LogP contribution in [0.15, 0.2) is 18.2 Å². The maximum absolute atomic E-state index is 13.2. The van der Waals surface area contributed by atoms with Crippen molar-refractivity contribution < 1.29 is 23.9 Å². The molecule has 176 valence electrons. The number of rotatable bonds is 5. The maximum Gasteiger partial charge on any atom is 0.408 e. The van der Waals surface area contributed by atoms with E-state index in [1.165, 1.54) is 0 Å². The lowest BCUT2D eigenvalue weighted by Crippen LogP contribution is -2.56. The molecule has 1 saturated heterocycles. The van der Waals surface area contributed by atoms with E-state index in [4.69, 9.17) is 9.47 Å². The van der Waals surface area contributed by atoms with Crippen LogP contribution < -0.4 is 10.1 Å². The summed E-state index contributed by atoms with van der Waals surface area (Å²) in [6, 6.07) is 5.05. The van der Waals surface area contributed by atoms with Crippen LogP contribution in [0.5, 0.6) is 5.75 Å². The molecule has 0 saturated carbocycles. The molecule has 0 bridgehead atoms. The summed E-state index contributed by atoms with van der Waals surface area (Å²) in [6.07, 6.45) is 3.41. The highest BCUT2D eigenvalue weighted by Gasteiger charge is 2.44. The van der Waals surface area contributed by atoms with Gasteiger partial charge in [0.05, 0.1) is 12.0 Å². The second-order valence-corrected chi connectivity index (χ2v) is 10.7. The number of carbonyl (C=O) groups excluding carboxylic acids is 3. The van der Waals surface area contributed by atoms with Gasteiger partial charge >= 0.3 is 6.09 Å². The Labute approximate surface area is 194 Å². The molecule has 3 rings (SSSR count). The second kappa shape index (κ2) is 9.73. The third kappa shape index (κ3) is 5.97. The molecule has 32 heavy (non-hydrogen) atoms. The number of piperidine rings is 1. The Morgan fingerprint density at radius 3 is 2.59 bits per heavy atom. The first kappa shape index (κ1) is 24.4. The summed E-state index contributed by atoms with van der Waals surface area (Å²) in [6.45, 7) is 8.31. The molecule has 1 aromatic rings.